The fourth-order valence-corrected chi connectivity index (χ4v) is 3.46. The van der Waals surface area contributed by atoms with Gasteiger partial charge in [0.15, 0.2) is 0 Å². The molecule has 1 aromatic carbocycles. The SMILES string of the molecule is c1ccc2c(c1)CCCC2CNCCC1CCOC1. The molecule has 2 nitrogen and oxygen atoms in total. The molecule has 1 N–H and O–H groups in total. The Morgan fingerprint density at radius 2 is 2.16 bits per heavy atom. The van der Waals surface area contributed by atoms with Crippen LogP contribution in [0.25, 0.3) is 0 Å². The van der Waals surface area contributed by atoms with E-state index in [-0.39, 0.29) is 0 Å². The van der Waals surface area contributed by atoms with Gasteiger partial charge in [-0.05, 0) is 61.6 Å². The van der Waals surface area contributed by atoms with Crippen LogP contribution in [0.3, 0.4) is 0 Å². The van der Waals surface area contributed by atoms with Gasteiger partial charge in [-0.1, -0.05) is 24.3 Å². The average molecular weight is 259 g/mol. The molecule has 19 heavy (non-hydrogen) atoms. The number of aryl methyl sites for hydroxylation is 1. The normalized spacial score (nSPS) is 26.3. The summed E-state index contributed by atoms with van der Waals surface area (Å²) in [6.45, 7) is 4.24. The molecular weight excluding hydrogens is 234 g/mol. The van der Waals surface area contributed by atoms with Crippen LogP contribution in [0.1, 0.15) is 42.7 Å². The van der Waals surface area contributed by atoms with Crippen molar-refractivity contribution in [3.05, 3.63) is 35.4 Å². The number of ether oxygens (including phenoxy) is 1. The van der Waals surface area contributed by atoms with Crippen LogP contribution in [0, 0.1) is 5.92 Å². The quantitative estimate of drug-likeness (QED) is 0.820. The molecule has 2 unspecified atom stereocenters. The van der Waals surface area contributed by atoms with Crippen molar-refractivity contribution < 1.29 is 4.74 Å². The average Bonchev–Trinajstić information content (AvgIpc) is 2.97. The Kier molecular flexibility index (Phi) is 4.52. The summed E-state index contributed by atoms with van der Waals surface area (Å²) in [5.41, 5.74) is 3.16. The molecule has 0 aromatic heterocycles. The first-order valence-corrected chi connectivity index (χ1v) is 7.80. The molecule has 0 saturated carbocycles. The van der Waals surface area contributed by atoms with Crippen LogP contribution < -0.4 is 5.32 Å². The van der Waals surface area contributed by atoms with Crippen molar-refractivity contribution in [1.82, 2.24) is 5.32 Å². The zero-order valence-corrected chi connectivity index (χ0v) is 11.7. The van der Waals surface area contributed by atoms with E-state index in [9.17, 15) is 0 Å². The first kappa shape index (κ1) is 13.1. The molecule has 1 aromatic rings. The van der Waals surface area contributed by atoms with E-state index in [1.54, 1.807) is 11.1 Å². The minimum absolute atomic E-state index is 0.727. The highest BCUT2D eigenvalue weighted by Gasteiger charge is 2.19. The van der Waals surface area contributed by atoms with Crippen LogP contribution in [0.2, 0.25) is 0 Å². The lowest BCUT2D eigenvalue weighted by Crippen LogP contribution is -2.26. The number of nitrogens with one attached hydrogen (secondary N) is 1. The minimum Gasteiger partial charge on any atom is -0.381 e. The van der Waals surface area contributed by atoms with E-state index in [0.717, 1.165) is 38.1 Å². The molecule has 1 aliphatic heterocycles. The van der Waals surface area contributed by atoms with E-state index >= 15 is 0 Å². The van der Waals surface area contributed by atoms with Crippen LogP contribution >= 0.6 is 0 Å². The van der Waals surface area contributed by atoms with Crippen molar-refractivity contribution >= 4 is 0 Å². The van der Waals surface area contributed by atoms with Crippen LogP contribution in [0.5, 0.6) is 0 Å². The Morgan fingerprint density at radius 1 is 1.21 bits per heavy atom. The third-order valence-electron chi connectivity index (χ3n) is 4.64. The molecule has 1 aliphatic carbocycles. The maximum absolute atomic E-state index is 5.42. The summed E-state index contributed by atoms with van der Waals surface area (Å²) in [6.07, 6.45) is 6.49. The first-order chi connectivity index (χ1) is 9.43. The Labute approximate surface area is 116 Å². The summed E-state index contributed by atoms with van der Waals surface area (Å²) in [5, 5.41) is 3.67. The van der Waals surface area contributed by atoms with E-state index in [1.165, 1.54) is 32.1 Å². The number of fused-ring (bicyclic) bond motifs is 1. The predicted octanol–water partition coefficient (Wildman–Crippen LogP) is 3.12. The molecule has 2 atom stereocenters. The minimum atomic E-state index is 0.727. The summed E-state index contributed by atoms with van der Waals surface area (Å²) in [7, 11) is 0. The molecule has 2 heteroatoms. The van der Waals surface area contributed by atoms with E-state index in [1.807, 2.05) is 0 Å². The van der Waals surface area contributed by atoms with Gasteiger partial charge in [-0.25, -0.2) is 0 Å². The Bertz CT molecular complexity index is 398. The zero-order chi connectivity index (χ0) is 12.9. The van der Waals surface area contributed by atoms with E-state index in [2.05, 4.69) is 29.6 Å². The summed E-state index contributed by atoms with van der Waals surface area (Å²) in [5.74, 6) is 1.52. The number of hydrogen-bond acceptors (Lipinski definition) is 2. The third kappa shape index (κ3) is 3.37. The second-order valence-electron chi connectivity index (χ2n) is 6.01. The number of benzene rings is 1. The Morgan fingerprint density at radius 3 is 3.05 bits per heavy atom. The van der Waals surface area contributed by atoms with Gasteiger partial charge in [0.1, 0.15) is 0 Å². The highest BCUT2D eigenvalue weighted by Crippen LogP contribution is 2.30. The van der Waals surface area contributed by atoms with Crippen LogP contribution in [0.15, 0.2) is 24.3 Å². The van der Waals surface area contributed by atoms with Gasteiger partial charge in [-0.2, -0.15) is 0 Å². The molecular formula is C17H25NO. The van der Waals surface area contributed by atoms with Crippen LogP contribution in [-0.4, -0.2) is 26.3 Å². The van der Waals surface area contributed by atoms with Crippen molar-refractivity contribution in [2.24, 2.45) is 5.92 Å². The predicted molar refractivity (Wildman–Crippen MR) is 78.5 cm³/mol. The monoisotopic (exact) mass is 259 g/mol. The van der Waals surface area contributed by atoms with Gasteiger partial charge in [0.05, 0.1) is 0 Å². The first-order valence-electron chi connectivity index (χ1n) is 7.80. The molecule has 1 heterocycles. The molecule has 104 valence electrons. The Balaban J connectivity index is 1.45. The number of rotatable bonds is 5. The summed E-state index contributed by atoms with van der Waals surface area (Å²) >= 11 is 0. The molecule has 1 fully saturated rings. The summed E-state index contributed by atoms with van der Waals surface area (Å²) in [4.78, 5) is 0. The maximum Gasteiger partial charge on any atom is 0.0495 e. The fourth-order valence-electron chi connectivity index (χ4n) is 3.46. The van der Waals surface area contributed by atoms with Gasteiger partial charge in [0, 0.05) is 19.8 Å². The van der Waals surface area contributed by atoms with Crippen molar-refractivity contribution in [2.45, 2.75) is 38.0 Å². The van der Waals surface area contributed by atoms with Crippen molar-refractivity contribution in [3.63, 3.8) is 0 Å². The molecule has 0 amide bonds. The maximum atomic E-state index is 5.42. The second-order valence-corrected chi connectivity index (χ2v) is 6.01. The lowest BCUT2D eigenvalue weighted by Gasteiger charge is -2.26. The molecule has 3 rings (SSSR count). The number of hydrogen-bond donors (Lipinski definition) is 1. The summed E-state index contributed by atoms with van der Waals surface area (Å²) in [6, 6.07) is 8.99. The smallest absolute Gasteiger partial charge is 0.0495 e. The van der Waals surface area contributed by atoms with E-state index in [0.29, 0.717) is 0 Å². The van der Waals surface area contributed by atoms with E-state index < -0.39 is 0 Å². The van der Waals surface area contributed by atoms with Gasteiger partial charge in [0.25, 0.3) is 0 Å². The zero-order valence-electron chi connectivity index (χ0n) is 11.7. The van der Waals surface area contributed by atoms with Crippen molar-refractivity contribution in [3.8, 4) is 0 Å². The Hall–Kier alpha value is -0.860. The lowest BCUT2D eigenvalue weighted by atomic mass is 9.83. The van der Waals surface area contributed by atoms with Gasteiger partial charge in [0.2, 0.25) is 0 Å². The fraction of sp³-hybridized carbons (Fsp3) is 0.647. The highest BCUT2D eigenvalue weighted by atomic mass is 16.5. The summed E-state index contributed by atoms with van der Waals surface area (Å²) < 4.78 is 5.42. The standard InChI is InChI=1S/C17H25NO/c1-2-7-17-15(4-1)5-3-6-16(17)12-18-10-8-14-9-11-19-13-14/h1-2,4,7,14,16,18H,3,5-6,8-13H2. The van der Waals surface area contributed by atoms with Crippen LogP contribution in [0.4, 0.5) is 0 Å². The third-order valence-corrected chi connectivity index (χ3v) is 4.64. The second kappa shape index (κ2) is 6.53. The topological polar surface area (TPSA) is 21.3 Å². The lowest BCUT2D eigenvalue weighted by molar-refractivity contribution is 0.184. The largest absolute Gasteiger partial charge is 0.381 e. The van der Waals surface area contributed by atoms with Crippen molar-refractivity contribution in [1.29, 1.82) is 0 Å². The van der Waals surface area contributed by atoms with Crippen molar-refractivity contribution in [2.75, 3.05) is 26.3 Å². The molecule has 0 radical (unpaired) electrons. The molecule has 2 aliphatic rings. The van der Waals surface area contributed by atoms with E-state index in [4.69, 9.17) is 4.74 Å². The highest BCUT2D eigenvalue weighted by molar-refractivity contribution is 5.32. The molecule has 0 bridgehead atoms. The van der Waals surface area contributed by atoms with Crippen LogP contribution in [-0.2, 0) is 11.2 Å². The van der Waals surface area contributed by atoms with Gasteiger partial charge in [-0.3, -0.25) is 0 Å². The molecule has 1 saturated heterocycles. The van der Waals surface area contributed by atoms with Gasteiger partial charge in [-0.15, -0.1) is 0 Å². The van der Waals surface area contributed by atoms with Gasteiger partial charge >= 0.3 is 0 Å². The van der Waals surface area contributed by atoms with Gasteiger partial charge < -0.3 is 10.1 Å². The molecule has 0 spiro atoms.